The number of aryl methyl sites for hydroxylation is 1. The van der Waals surface area contributed by atoms with Crippen LogP contribution in [0.5, 0.6) is 11.5 Å². The summed E-state index contributed by atoms with van der Waals surface area (Å²) in [5.74, 6) is -0.346. The Morgan fingerprint density at radius 3 is 1.97 bits per heavy atom. The van der Waals surface area contributed by atoms with Crippen LogP contribution in [0.25, 0.3) is 0 Å². The Bertz CT molecular complexity index is 697. The van der Waals surface area contributed by atoms with E-state index in [1.54, 1.807) is 6.07 Å². The fourth-order valence-corrected chi connectivity index (χ4v) is 4.51. The lowest BCUT2D eigenvalue weighted by Crippen LogP contribution is -2.42. The molecule has 0 fully saturated rings. The molecule has 1 rings (SSSR count). The second-order valence-electron chi connectivity index (χ2n) is 9.63. The zero-order valence-electron chi connectivity index (χ0n) is 21.0. The van der Waals surface area contributed by atoms with E-state index >= 15 is 0 Å². The normalized spacial score (nSPS) is 13.8. The maximum absolute atomic E-state index is 12.1. The lowest BCUT2D eigenvalue weighted by atomic mass is 10.1. The van der Waals surface area contributed by atoms with Crippen LogP contribution in [0.15, 0.2) is 18.2 Å². The van der Waals surface area contributed by atoms with Gasteiger partial charge < -0.3 is 19.6 Å². The lowest BCUT2D eigenvalue weighted by molar-refractivity contribution is -0.890. The summed E-state index contributed by atoms with van der Waals surface area (Å²) in [6.45, 7) is 4.17. The fraction of sp³-hybridized carbons (Fsp3) is 0.760. The third-order valence-corrected chi connectivity index (χ3v) is 6.99. The van der Waals surface area contributed by atoms with E-state index in [1.807, 2.05) is 0 Å². The SMILES string of the molecule is CCCCCCCCCCCC[N+](C)(C)CCOP(=O)(O)OCCCc1ccc(O)c(O)c1. The van der Waals surface area contributed by atoms with Gasteiger partial charge in [-0.2, -0.15) is 0 Å². The average molecular weight is 489 g/mol. The molecule has 33 heavy (non-hydrogen) atoms. The van der Waals surface area contributed by atoms with Gasteiger partial charge in [0.15, 0.2) is 11.5 Å². The first-order valence-corrected chi connectivity index (χ1v) is 14.1. The highest BCUT2D eigenvalue weighted by molar-refractivity contribution is 7.47. The number of nitrogens with zero attached hydrogens (tertiary/aromatic N) is 1. The predicted molar refractivity (Wildman–Crippen MR) is 134 cm³/mol. The molecule has 0 heterocycles. The first-order chi connectivity index (χ1) is 15.7. The van der Waals surface area contributed by atoms with Gasteiger partial charge in [-0.1, -0.05) is 64.4 Å². The van der Waals surface area contributed by atoms with E-state index in [-0.39, 0.29) is 24.7 Å². The Morgan fingerprint density at radius 2 is 1.36 bits per heavy atom. The molecule has 1 aromatic rings. The minimum atomic E-state index is -4.07. The second-order valence-corrected chi connectivity index (χ2v) is 11.1. The van der Waals surface area contributed by atoms with Crippen LogP contribution in [0.1, 0.15) is 83.1 Å². The van der Waals surface area contributed by atoms with Crippen LogP contribution in [-0.4, -0.2) is 60.0 Å². The van der Waals surface area contributed by atoms with E-state index in [1.165, 1.54) is 69.9 Å². The van der Waals surface area contributed by atoms with Gasteiger partial charge in [0.05, 0.1) is 27.2 Å². The summed E-state index contributed by atoms with van der Waals surface area (Å²) in [7, 11) is 0.165. The van der Waals surface area contributed by atoms with Crippen LogP contribution < -0.4 is 0 Å². The molecule has 0 radical (unpaired) electrons. The van der Waals surface area contributed by atoms with Gasteiger partial charge >= 0.3 is 7.82 Å². The van der Waals surface area contributed by atoms with Crippen molar-refractivity contribution in [3.05, 3.63) is 23.8 Å². The van der Waals surface area contributed by atoms with Gasteiger partial charge in [-0.15, -0.1) is 0 Å². The van der Waals surface area contributed by atoms with Crippen molar-refractivity contribution >= 4 is 7.82 Å². The van der Waals surface area contributed by atoms with Crippen molar-refractivity contribution in [3.63, 3.8) is 0 Å². The maximum atomic E-state index is 12.1. The standard InChI is InChI=1S/C25H46NO6P/c1-4-5-6-7-8-9-10-11-12-13-18-26(2,3)19-21-32-33(29,30)31-20-14-15-23-16-17-24(27)25(28)22-23/h16-17,22H,4-15,18-21H2,1-3H3,(H2-,27,28,29,30)/p+1. The van der Waals surface area contributed by atoms with Crippen molar-refractivity contribution in [2.45, 2.75) is 84.0 Å². The fourth-order valence-electron chi connectivity index (χ4n) is 3.76. The minimum absolute atomic E-state index is 0.0757. The van der Waals surface area contributed by atoms with Crippen LogP contribution in [0, 0.1) is 0 Å². The van der Waals surface area contributed by atoms with Crippen molar-refractivity contribution in [1.82, 2.24) is 0 Å². The molecule has 0 spiro atoms. The van der Waals surface area contributed by atoms with E-state index in [0.29, 0.717) is 19.4 Å². The van der Waals surface area contributed by atoms with Crippen LogP contribution in [-0.2, 0) is 20.0 Å². The highest BCUT2D eigenvalue weighted by Crippen LogP contribution is 2.43. The molecule has 1 unspecified atom stereocenters. The molecular weight excluding hydrogens is 441 g/mol. The van der Waals surface area contributed by atoms with E-state index < -0.39 is 7.82 Å². The van der Waals surface area contributed by atoms with Crippen LogP contribution >= 0.6 is 7.82 Å². The van der Waals surface area contributed by atoms with Gasteiger partial charge in [-0.25, -0.2) is 4.57 Å². The van der Waals surface area contributed by atoms with E-state index in [4.69, 9.17) is 9.05 Å². The van der Waals surface area contributed by atoms with Gasteiger partial charge in [0.25, 0.3) is 0 Å². The summed E-state index contributed by atoms with van der Waals surface area (Å²) in [4.78, 5) is 9.88. The van der Waals surface area contributed by atoms with E-state index in [2.05, 4.69) is 21.0 Å². The minimum Gasteiger partial charge on any atom is -0.504 e. The van der Waals surface area contributed by atoms with E-state index in [9.17, 15) is 19.7 Å². The van der Waals surface area contributed by atoms with Gasteiger partial charge in [0.1, 0.15) is 13.2 Å². The molecule has 3 N–H and O–H groups in total. The number of likely N-dealkylation sites (N-methyl/N-ethyl adjacent to an activating group) is 1. The smallest absolute Gasteiger partial charge is 0.472 e. The molecule has 0 aliphatic heterocycles. The second kappa shape index (κ2) is 16.5. The summed E-state index contributed by atoms with van der Waals surface area (Å²) < 4.78 is 23.0. The van der Waals surface area contributed by atoms with Crippen LogP contribution in [0.4, 0.5) is 0 Å². The summed E-state index contributed by atoms with van der Waals surface area (Å²) in [5.41, 5.74) is 0.814. The number of rotatable bonds is 20. The van der Waals surface area contributed by atoms with Crippen molar-refractivity contribution < 1.29 is 33.2 Å². The molecular formula is C25H47NO6P+. The number of phenolic OH excluding ortho intramolecular Hbond substituents is 2. The Hall–Kier alpha value is -1.11. The molecule has 0 saturated heterocycles. The summed E-state index contributed by atoms with van der Waals surface area (Å²) in [6, 6.07) is 4.58. The highest BCUT2D eigenvalue weighted by atomic mass is 31.2. The number of quaternary nitrogens is 1. The lowest BCUT2D eigenvalue weighted by Gasteiger charge is -2.30. The Labute approximate surface area is 200 Å². The summed E-state index contributed by atoms with van der Waals surface area (Å²) in [5, 5.41) is 18.8. The summed E-state index contributed by atoms with van der Waals surface area (Å²) >= 11 is 0. The number of benzene rings is 1. The topological polar surface area (TPSA) is 96.2 Å². The quantitative estimate of drug-likeness (QED) is 0.0880. The molecule has 0 amide bonds. The van der Waals surface area contributed by atoms with Gasteiger partial charge in [0.2, 0.25) is 0 Å². The van der Waals surface area contributed by atoms with Crippen molar-refractivity contribution in [3.8, 4) is 11.5 Å². The molecule has 1 atom stereocenters. The first-order valence-electron chi connectivity index (χ1n) is 12.6. The number of phosphoric acid groups is 1. The Kier molecular flexibility index (Phi) is 15.0. The zero-order chi connectivity index (χ0) is 24.6. The number of phosphoric ester groups is 1. The zero-order valence-corrected chi connectivity index (χ0v) is 21.9. The number of aromatic hydroxyl groups is 2. The number of hydrogen-bond donors (Lipinski definition) is 3. The largest absolute Gasteiger partial charge is 0.504 e. The molecule has 7 nitrogen and oxygen atoms in total. The molecule has 8 heteroatoms. The Balaban J connectivity index is 2.08. The van der Waals surface area contributed by atoms with Crippen LogP contribution in [0.2, 0.25) is 0 Å². The molecule has 0 bridgehead atoms. The molecule has 192 valence electrons. The third kappa shape index (κ3) is 15.4. The monoisotopic (exact) mass is 488 g/mol. The third-order valence-electron chi connectivity index (χ3n) is 5.97. The molecule has 0 aromatic heterocycles. The van der Waals surface area contributed by atoms with Crippen molar-refractivity contribution in [2.24, 2.45) is 0 Å². The number of unbranched alkanes of at least 4 members (excludes halogenated alkanes) is 9. The first kappa shape index (κ1) is 29.9. The molecule has 0 aliphatic carbocycles. The van der Waals surface area contributed by atoms with Gasteiger partial charge in [0, 0.05) is 0 Å². The van der Waals surface area contributed by atoms with Crippen molar-refractivity contribution in [1.29, 1.82) is 0 Å². The average Bonchev–Trinajstić information content (AvgIpc) is 2.74. The summed E-state index contributed by atoms with van der Waals surface area (Å²) in [6.07, 6.45) is 14.2. The maximum Gasteiger partial charge on any atom is 0.472 e. The Morgan fingerprint density at radius 1 is 0.788 bits per heavy atom. The van der Waals surface area contributed by atoms with Crippen molar-refractivity contribution in [2.75, 3.05) is 40.4 Å². The van der Waals surface area contributed by atoms with Gasteiger partial charge in [-0.05, 0) is 43.4 Å². The molecule has 0 aliphatic rings. The number of hydrogen-bond acceptors (Lipinski definition) is 5. The van der Waals surface area contributed by atoms with Crippen LogP contribution in [0.3, 0.4) is 0 Å². The predicted octanol–water partition coefficient (Wildman–Crippen LogP) is 6.16. The highest BCUT2D eigenvalue weighted by Gasteiger charge is 2.23. The van der Waals surface area contributed by atoms with Gasteiger partial charge in [-0.3, -0.25) is 9.05 Å². The molecule has 0 saturated carbocycles. The molecule has 1 aromatic carbocycles. The van der Waals surface area contributed by atoms with E-state index in [0.717, 1.165) is 23.0 Å². The number of phenols is 2.